The maximum Gasteiger partial charge on any atom is 0.191 e. The second kappa shape index (κ2) is 9.76. The first-order valence-corrected chi connectivity index (χ1v) is 11.1. The van der Waals surface area contributed by atoms with Crippen LogP contribution in [0.1, 0.15) is 38.0 Å². The van der Waals surface area contributed by atoms with Crippen LogP contribution in [0.25, 0.3) is 0 Å². The van der Waals surface area contributed by atoms with Gasteiger partial charge in [0.25, 0.3) is 0 Å². The maximum absolute atomic E-state index is 5.77. The highest BCUT2D eigenvalue weighted by molar-refractivity contribution is 5.79. The molecule has 1 aromatic rings. The van der Waals surface area contributed by atoms with Crippen LogP contribution in [0.2, 0.25) is 0 Å². The molecule has 4 aliphatic heterocycles. The zero-order valence-corrected chi connectivity index (χ0v) is 17.3. The van der Waals surface area contributed by atoms with Gasteiger partial charge in [0, 0.05) is 51.9 Å². The van der Waals surface area contributed by atoms with Crippen molar-refractivity contribution in [3.8, 4) is 0 Å². The molecule has 2 N–H and O–H groups in total. The highest BCUT2D eigenvalue weighted by Crippen LogP contribution is 2.25. The Morgan fingerprint density at radius 2 is 1.96 bits per heavy atom. The second-order valence-electron chi connectivity index (χ2n) is 8.22. The van der Waals surface area contributed by atoms with Gasteiger partial charge in [0.1, 0.15) is 5.76 Å². The van der Waals surface area contributed by atoms with Crippen LogP contribution < -0.4 is 10.6 Å². The Kier molecular flexibility index (Phi) is 6.88. The number of hydrogen-bond donors (Lipinski definition) is 2. The first kappa shape index (κ1) is 19.7. The summed E-state index contributed by atoms with van der Waals surface area (Å²) in [5, 5.41) is 7.03. The monoisotopic (exact) mass is 388 g/mol. The molecular formula is C21H36N6O. The summed E-state index contributed by atoms with van der Waals surface area (Å²) in [7, 11) is 0. The molecule has 28 heavy (non-hydrogen) atoms. The Labute approximate surface area is 169 Å². The van der Waals surface area contributed by atoms with Crippen LogP contribution in [0.4, 0.5) is 0 Å². The summed E-state index contributed by atoms with van der Waals surface area (Å²) in [6, 6.07) is 4.90. The summed E-state index contributed by atoms with van der Waals surface area (Å²) in [6.07, 6.45) is 5.66. The van der Waals surface area contributed by atoms with Gasteiger partial charge in [-0.3, -0.25) is 19.7 Å². The van der Waals surface area contributed by atoms with Crippen LogP contribution in [0, 0.1) is 0 Å². The van der Waals surface area contributed by atoms with E-state index in [1.165, 1.54) is 52.0 Å². The van der Waals surface area contributed by atoms with E-state index in [9.17, 15) is 0 Å². The molecule has 4 aliphatic rings. The minimum atomic E-state index is 0.228. The second-order valence-corrected chi connectivity index (χ2v) is 8.22. The van der Waals surface area contributed by atoms with Crippen molar-refractivity contribution in [3.63, 3.8) is 0 Å². The standard InChI is InChI=1S/C21H36N6O/c1-2-22-21(23-15-18-17-25-10-12-26(18)13-11-25)24-16-19(20-7-6-14-28-20)27-8-4-3-5-9-27/h6-7,14,18-19H,2-5,8-13,15-17H2,1H3,(H2,22,23,24). The minimum absolute atomic E-state index is 0.228. The number of nitrogens with one attached hydrogen (secondary N) is 2. The lowest BCUT2D eigenvalue weighted by molar-refractivity contribution is 0.0154. The number of guanidine groups is 1. The fourth-order valence-corrected chi connectivity index (χ4v) is 4.75. The number of aliphatic imine (C=N–C) groups is 1. The molecule has 5 rings (SSSR count). The molecule has 2 atom stereocenters. The Bertz CT molecular complexity index is 604. The molecule has 2 bridgehead atoms. The van der Waals surface area contributed by atoms with Crippen LogP contribution >= 0.6 is 0 Å². The Hall–Kier alpha value is -1.57. The average Bonchev–Trinajstić information content (AvgIpc) is 3.28. The molecule has 0 spiro atoms. The zero-order chi connectivity index (χ0) is 19.2. The first-order chi connectivity index (χ1) is 13.8. The Morgan fingerprint density at radius 1 is 1.14 bits per heavy atom. The molecule has 7 nitrogen and oxygen atoms in total. The summed E-state index contributed by atoms with van der Waals surface area (Å²) in [6.45, 7) is 13.0. The van der Waals surface area contributed by atoms with E-state index in [-0.39, 0.29) is 6.04 Å². The molecule has 7 heteroatoms. The van der Waals surface area contributed by atoms with Gasteiger partial charge < -0.3 is 15.1 Å². The minimum Gasteiger partial charge on any atom is -0.468 e. The Morgan fingerprint density at radius 3 is 2.61 bits per heavy atom. The predicted molar refractivity (Wildman–Crippen MR) is 113 cm³/mol. The predicted octanol–water partition coefficient (Wildman–Crippen LogP) is 1.36. The lowest BCUT2D eigenvalue weighted by Gasteiger charge is -2.47. The van der Waals surface area contributed by atoms with Crippen LogP contribution in [-0.2, 0) is 0 Å². The van der Waals surface area contributed by atoms with E-state index in [0.717, 1.165) is 44.4 Å². The van der Waals surface area contributed by atoms with Crippen LogP contribution in [0.15, 0.2) is 27.8 Å². The summed E-state index contributed by atoms with van der Waals surface area (Å²) in [5.74, 6) is 1.96. The van der Waals surface area contributed by atoms with Gasteiger partial charge >= 0.3 is 0 Å². The van der Waals surface area contributed by atoms with Gasteiger partial charge in [0.05, 0.1) is 18.8 Å². The van der Waals surface area contributed by atoms with Crippen LogP contribution in [-0.4, -0.2) is 92.1 Å². The fourth-order valence-electron chi connectivity index (χ4n) is 4.75. The van der Waals surface area contributed by atoms with Gasteiger partial charge in [-0.05, 0) is 45.0 Å². The molecule has 5 heterocycles. The quantitative estimate of drug-likeness (QED) is 0.543. The molecule has 0 aromatic carbocycles. The number of hydrogen-bond acceptors (Lipinski definition) is 5. The first-order valence-electron chi connectivity index (χ1n) is 11.1. The summed E-state index contributed by atoms with van der Waals surface area (Å²) in [4.78, 5) is 12.7. The lowest BCUT2D eigenvalue weighted by atomic mass is 10.1. The third-order valence-electron chi connectivity index (χ3n) is 6.37. The maximum atomic E-state index is 5.77. The van der Waals surface area contributed by atoms with Crippen molar-refractivity contribution in [3.05, 3.63) is 24.2 Å². The van der Waals surface area contributed by atoms with E-state index < -0.39 is 0 Å². The number of furan rings is 1. The van der Waals surface area contributed by atoms with Crippen molar-refractivity contribution >= 4 is 5.96 Å². The molecule has 0 aliphatic carbocycles. The largest absolute Gasteiger partial charge is 0.468 e. The number of rotatable bonds is 7. The molecule has 0 radical (unpaired) electrons. The molecule has 1 aromatic heterocycles. The highest BCUT2D eigenvalue weighted by Gasteiger charge is 2.31. The molecular weight excluding hydrogens is 352 g/mol. The molecule has 2 unspecified atom stereocenters. The van der Waals surface area contributed by atoms with Gasteiger partial charge in [0.15, 0.2) is 5.96 Å². The van der Waals surface area contributed by atoms with Crippen molar-refractivity contribution < 1.29 is 4.42 Å². The van der Waals surface area contributed by atoms with E-state index in [2.05, 4.69) is 38.3 Å². The van der Waals surface area contributed by atoms with Crippen molar-refractivity contribution in [1.82, 2.24) is 25.3 Å². The van der Waals surface area contributed by atoms with E-state index in [0.29, 0.717) is 6.04 Å². The van der Waals surface area contributed by atoms with E-state index >= 15 is 0 Å². The summed E-state index contributed by atoms with van der Waals surface area (Å²) < 4.78 is 5.77. The van der Waals surface area contributed by atoms with Crippen LogP contribution in [0.5, 0.6) is 0 Å². The molecule has 0 amide bonds. The number of piperazine rings is 3. The highest BCUT2D eigenvalue weighted by atomic mass is 16.3. The van der Waals surface area contributed by atoms with Crippen molar-refractivity contribution in [2.45, 2.75) is 38.3 Å². The normalized spacial score (nSPS) is 29.6. The molecule has 4 fully saturated rings. The smallest absolute Gasteiger partial charge is 0.191 e. The third kappa shape index (κ3) is 4.88. The lowest BCUT2D eigenvalue weighted by Crippen LogP contribution is -2.63. The van der Waals surface area contributed by atoms with Crippen molar-refractivity contribution in [2.75, 3.05) is 65.4 Å². The molecule has 156 valence electrons. The molecule has 0 saturated carbocycles. The van der Waals surface area contributed by atoms with E-state index in [1.807, 2.05) is 6.07 Å². The third-order valence-corrected chi connectivity index (χ3v) is 6.37. The number of nitrogens with zero attached hydrogens (tertiary/aromatic N) is 4. The average molecular weight is 389 g/mol. The topological polar surface area (TPSA) is 59.3 Å². The number of fused-ring (bicyclic) bond motifs is 3. The van der Waals surface area contributed by atoms with Gasteiger partial charge in [-0.15, -0.1) is 0 Å². The van der Waals surface area contributed by atoms with E-state index in [1.54, 1.807) is 6.26 Å². The van der Waals surface area contributed by atoms with Gasteiger partial charge in [-0.1, -0.05) is 6.42 Å². The Balaban J connectivity index is 1.37. The van der Waals surface area contributed by atoms with Gasteiger partial charge in [0.2, 0.25) is 0 Å². The van der Waals surface area contributed by atoms with Crippen molar-refractivity contribution in [1.29, 1.82) is 0 Å². The summed E-state index contributed by atoms with van der Waals surface area (Å²) in [5.41, 5.74) is 0. The fraction of sp³-hybridized carbons (Fsp3) is 0.762. The zero-order valence-electron chi connectivity index (χ0n) is 17.3. The number of piperidine rings is 1. The molecule has 4 saturated heterocycles. The van der Waals surface area contributed by atoms with Crippen molar-refractivity contribution in [2.24, 2.45) is 4.99 Å². The van der Waals surface area contributed by atoms with Gasteiger partial charge in [-0.25, -0.2) is 0 Å². The van der Waals surface area contributed by atoms with Gasteiger partial charge in [-0.2, -0.15) is 0 Å². The SMILES string of the molecule is CCNC(=NCC(c1ccco1)N1CCCCC1)NCC1CN2CCN1CC2. The number of likely N-dealkylation sites (tertiary alicyclic amines) is 1. The van der Waals surface area contributed by atoms with E-state index in [4.69, 9.17) is 9.41 Å². The summed E-state index contributed by atoms with van der Waals surface area (Å²) >= 11 is 0. The van der Waals surface area contributed by atoms with Crippen LogP contribution in [0.3, 0.4) is 0 Å².